The molecule has 21 heavy (non-hydrogen) atoms. The molecule has 1 rings (SSSR count). The molecule has 0 aliphatic heterocycles. The zero-order valence-corrected chi connectivity index (χ0v) is 12.7. The third-order valence-corrected chi connectivity index (χ3v) is 3.85. The summed E-state index contributed by atoms with van der Waals surface area (Å²) in [5.74, 6) is 0.146. The first-order chi connectivity index (χ1) is 9.75. The molecule has 1 aromatic carbocycles. The normalized spacial score (nSPS) is 13.2. The fraction of sp³-hybridized carbons (Fsp3) is 0.462. The fourth-order valence-corrected chi connectivity index (χ4v) is 2.43. The van der Waals surface area contributed by atoms with Gasteiger partial charge < -0.3 is 9.84 Å². The van der Waals surface area contributed by atoms with Gasteiger partial charge in [0, 0.05) is 13.1 Å². The maximum atomic E-state index is 11.4. The second-order valence-corrected chi connectivity index (χ2v) is 5.86. The summed E-state index contributed by atoms with van der Waals surface area (Å²) in [6, 6.07) is 6.56. The highest BCUT2D eigenvalue weighted by Crippen LogP contribution is 2.18. The van der Waals surface area contributed by atoms with Gasteiger partial charge in [-0.2, -0.15) is 12.7 Å². The summed E-state index contributed by atoms with van der Waals surface area (Å²) < 4.78 is 37.0. The Hall–Kier alpha value is -1.48. The standard InChI is InChI=1S/C13H19NO6S/c1-3-14(21(17,18)19)8-11(16)9-20-13-7-5-4-6-12(13)10(2)15/h4-7,11,16H,3,8-9H2,1-2H3,(H,17,18,19). The van der Waals surface area contributed by atoms with Gasteiger partial charge in [-0.3, -0.25) is 9.35 Å². The minimum atomic E-state index is -4.35. The van der Waals surface area contributed by atoms with E-state index >= 15 is 0 Å². The summed E-state index contributed by atoms with van der Waals surface area (Å²) in [7, 11) is -4.35. The van der Waals surface area contributed by atoms with Crippen LogP contribution in [0.1, 0.15) is 24.2 Å². The first-order valence-electron chi connectivity index (χ1n) is 6.39. The van der Waals surface area contributed by atoms with Crippen LogP contribution in [0.5, 0.6) is 5.75 Å². The molecule has 0 heterocycles. The summed E-state index contributed by atoms with van der Waals surface area (Å²) in [5, 5.41) is 9.78. The van der Waals surface area contributed by atoms with E-state index in [9.17, 15) is 18.3 Å². The molecule has 0 spiro atoms. The van der Waals surface area contributed by atoms with Crippen molar-refractivity contribution >= 4 is 16.1 Å². The van der Waals surface area contributed by atoms with E-state index in [1.165, 1.54) is 13.8 Å². The lowest BCUT2D eigenvalue weighted by Crippen LogP contribution is -2.39. The van der Waals surface area contributed by atoms with Crippen LogP contribution < -0.4 is 4.74 Å². The van der Waals surface area contributed by atoms with Crippen molar-refractivity contribution in [3.63, 3.8) is 0 Å². The molecule has 0 aliphatic rings. The van der Waals surface area contributed by atoms with E-state index < -0.39 is 16.4 Å². The predicted molar refractivity (Wildman–Crippen MR) is 76.7 cm³/mol. The number of hydrogen-bond donors (Lipinski definition) is 2. The van der Waals surface area contributed by atoms with Crippen molar-refractivity contribution in [3.8, 4) is 5.75 Å². The largest absolute Gasteiger partial charge is 0.490 e. The topological polar surface area (TPSA) is 104 Å². The Morgan fingerprint density at radius 3 is 2.52 bits per heavy atom. The van der Waals surface area contributed by atoms with E-state index in [4.69, 9.17) is 9.29 Å². The average molecular weight is 317 g/mol. The third kappa shape index (κ3) is 5.43. The number of Topliss-reactive ketones (excluding diaryl/α,β-unsaturated/α-hetero) is 1. The maximum Gasteiger partial charge on any atom is 0.335 e. The first kappa shape index (κ1) is 17.6. The monoisotopic (exact) mass is 317 g/mol. The molecule has 1 aromatic rings. The number of aliphatic hydroxyl groups excluding tert-OH is 1. The van der Waals surface area contributed by atoms with Crippen LogP contribution in [0.4, 0.5) is 0 Å². The van der Waals surface area contributed by atoms with Crippen molar-refractivity contribution in [1.82, 2.24) is 4.31 Å². The van der Waals surface area contributed by atoms with Gasteiger partial charge in [0.05, 0.1) is 5.56 Å². The van der Waals surface area contributed by atoms with Crippen molar-refractivity contribution in [2.75, 3.05) is 19.7 Å². The number of rotatable bonds is 8. The van der Waals surface area contributed by atoms with E-state index in [-0.39, 0.29) is 25.5 Å². The second-order valence-electron chi connectivity index (χ2n) is 4.45. The summed E-state index contributed by atoms with van der Waals surface area (Å²) >= 11 is 0. The van der Waals surface area contributed by atoms with Gasteiger partial charge in [0.15, 0.2) is 5.78 Å². The second kappa shape index (κ2) is 7.51. The van der Waals surface area contributed by atoms with Gasteiger partial charge in [-0.05, 0) is 19.1 Å². The highest BCUT2D eigenvalue weighted by Gasteiger charge is 2.21. The van der Waals surface area contributed by atoms with Crippen LogP contribution in [0.3, 0.4) is 0 Å². The number of carbonyl (C=O) groups excluding carboxylic acids is 1. The van der Waals surface area contributed by atoms with Gasteiger partial charge in [0.1, 0.15) is 18.5 Å². The Bertz CT molecular complexity index is 586. The maximum absolute atomic E-state index is 11.4. The molecule has 0 saturated heterocycles. The van der Waals surface area contributed by atoms with E-state index in [2.05, 4.69) is 0 Å². The number of ether oxygens (including phenoxy) is 1. The van der Waals surface area contributed by atoms with Crippen molar-refractivity contribution in [2.24, 2.45) is 0 Å². The number of ketones is 1. The molecular formula is C13H19NO6S. The zero-order valence-electron chi connectivity index (χ0n) is 11.9. The Balaban J connectivity index is 2.65. The number of aliphatic hydroxyl groups is 1. The van der Waals surface area contributed by atoms with Gasteiger partial charge in [0.2, 0.25) is 0 Å². The SMILES string of the molecule is CCN(CC(O)COc1ccccc1C(C)=O)S(=O)(=O)O. The highest BCUT2D eigenvalue weighted by atomic mass is 32.2. The third-order valence-electron chi connectivity index (χ3n) is 2.79. The average Bonchev–Trinajstić information content (AvgIpc) is 2.41. The van der Waals surface area contributed by atoms with Gasteiger partial charge in [0.25, 0.3) is 0 Å². The molecule has 0 aliphatic carbocycles. The van der Waals surface area contributed by atoms with E-state index in [1.54, 1.807) is 24.3 Å². The summed E-state index contributed by atoms with van der Waals surface area (Å²) in [6.07, 6.45) is -1.13. The van der Waals surface area contributed by atoms with Crippen LogP contribution in [0, 0.1) is 0 Å². The smallest absolute Gasteiger partial charge is 0.335 e. The van der Waals surface area contributed by atoms with E-state index in [1.807, 2.05) is 0 Å². The highest BCUT2D eigenvalue weighted by molar-refractivity contribution is 7.83. The van der Waals surface area contributed by atoms with Crippen molar-refractivity contribution in [2.45, 2.75) is 20.0 Å². The molecule has 0 radical (unpaired) electrons. The van der Waals surface area contributed by atoms with Crippen LogP contribution in [0.2, 0.25) is 0 Å². The number of benzene rings is 1. The molecule has 1 atom stereocenters. The fourth-order valence-electron chi connectivity index (χ4n) is 1.74. The molecule has 0 fully saturated rings. The molecule has 0 aromatic heterocycles. The molecule has 2 N–H and O–H groups in total. The van der Waals surface area contributed by atoms with Gasteiger partial charge in [-0.15, -0.1) is 0 Å². The van der Waals surface area contributed by atoms with Gasteiger partial charge in [-0.1, -0.05) is 19.1 Å². The van der Waals surface area contributed by atoms with Crippen molar-refractivity contribution < 1.29 is 27.6 Å². The predicted octanol–water partition coefficient (Wildman–Crippen LogP) is 0.754. The van der Waals surface area contributed by atoms with Crippen LogP contribution in [-0.4, -0.2) is 54.0 Å². The summed E-state index contributed by atoms with van der Waals surface area (Å²) in [4.78, 5) is 11.4. The molecule has 1 unspecified atom stereocenters. The lowest BCUT2D eigenvalue weighted by atomic mass is 10.1. The molecule has 0 saturated carbocycles. The quantitative estimate of drug-likeness (QED) is 0.542. The Morgan fingerprint density at radius 1 is 1.38 bits per heavy atom. The molecule has 0 amide bonds. The number of likely N-dealkylation sites (N-methyl/N-ethyl adjacent to an activating group) is 1. The molecular weight excluding hydrogens is 298 g/mol. The van der Waals surface area contributed by atoms with E-state index in [0.717, 1.165) is 4.31 Å². The molecule has 8 heteroatoms. The summed E-state index contributed by atoms with van der Waals surface area (Å²) in [6.45, 7) is 2.47. The first-order valence-corrected chi connectivity index (χ1v) is 7.78. The Morgan fingerprint density at radius 2 is 2.00 bits per heavy atom. The molecule has 7 nitrogen and oxygen atoms in total. The van der Waals surface area contributed by atoms with Crippen LogP contribution >= 0.6 is 0 Å². The van der Waals surface area contributed by atoms with Crippen molar-refractivity contribution in [3.05, 3.63) is 29.8 Å². The lowest BCUT2D eigenvalue weighted by molar-refractivity contribution is 0.0863. The zero-order chi connectivity index (χ0) is 16.0. The number of para-hydroxylation sites is 1. The van der Waals surface area contributed by atoms with E-state index in [0.29, 0.717) is 11.3 Å². The number of hydrogen-bond acceptors (Lipinski definition) is 5. The molecule has 118 valence electrons. The van der Waals surface area contributed by atoms with Gasteiger partial charge >= 0.3 is 10.3 Å². The minimum absolute atomic E-state index is 0.0277. The molecule has 0 bridgehead atoms. The van der Waals surface area contributed by atoms with Gasteiger partial charge in [-0.25, -0.2) is 0 Å². The number of carbonyl (C=O) groups is 1. The minimum Gasteiger partial charge on any atom is -0.490 e. The van der Waals surface area contributed by atoms with Crippen molar-refractivity contribution in [1.29, 1.82) is 0 Å². The Kier molecular flexibility index (Phi) is 6.28. The number of nitrogens with zero attached hydrogens (tertiary/aromatic N) is 1. The summed E-state index contributed by atoms with van der Waals surface area (Å²) in [5.41, 5.74) is 0.381. The van der Waals surface area contributed by atoms with Crippen LogP contribution in [0.15, 0.2) is 24.3 Å². The Labute approximate surface area is 124 Å². The van der Waals surface area contributed by atoms with Crippen LogP contribution in [0.25, 0.3) is 0 Å². The lowest BCUT2D eigenvalue weighted by Gasteiger charge is -2.20. The van der Waals surface area contributed by atoms with Crippen LogP contribution in [-0.2, 0) is 10.3 Å².